The number of aryl methyl sites for hydroxylation is 1. The molecular formula is C12H11ClF3NO3. The smallest absolute Gasteiger partial charge is 0.422 e. The lowest BCUT2D eigenvalue weighted by molar-refractivity contribution is -0.203. The summed E-state index contributed by atoms with van der Waals surface area (Å²) in [5, 5.41) is 10.4. The molecule has 1 aromatic carbocycles. The Morgan fingerprint density at radius 3 is 2.20 bits per heavy atom. The number of carbonyl (C=O) groups excluding carboxylic acids is 1. The number of nitrogens with one attached hydrogen (secondary N) is 1. The highest BCUT2D eigenvalue weighted by Gasteiger charge is 2.58. The molecule has 0 aliphatic carbocycles. The van der Waals surface area contributed by atoms with Crippen LogP contribution in [0.5, 0.6) is 0 Å². The maximum atomic E-state index is 12.8. The van der Waals surface area contributed by atoms with E-state index in [2.05, 4.69) is 0 Å². The summed E-state index contributed by atoms with van der Waals surface area (Å²) >= 11 is 5.70. The van der Waals surface area contributed by atoms with Crippen LogP contribution in [0, 0.1) is 6.92 Å². The molecular weight excluding hydrogens is 299 g/mol. The minimum atomic E-state index is -5.14. The van der Waals surface area contributed by atoms with Gasteiger partial charge in [0.2, 0.25) is 5.54 Å². The topological polar surface area (TPSA) is 66.4 Å². The Morgan fingerprint density at radius 2 is 1.80 bits per heavy atom. The van der Waals surface area contributed by atoms with E-state index in [1.165, 1.54) is 17.4 Å². The van der Waals surface area contributed by atoms with E-state index in [-0.39, 0.29) is 10.6 Å². The molecule has 0 spiro atoms. The summed E-state index contributed by atoms with van der Waals surface area (Å²) in [4.78, 5) is 22.6. The minimum Gasteiger partial charge on any atom is -0.479 e. The molecule has 8 heteroatoms. The molecule has 2 N–H and O–H groups in total. The Balaban J connectivity index is 3.13. The molecule has 0 aromatic heterocycles. The van der Waals surface area contributed by atoms with Crippen molar-refractivity contribution in [1.29, 1.82) is 0 Å². The highest BCUT2D eigenvalue weighted by Crippen LogP contribution is 2.30. The molecule has 0 fully saturated rings. The molecule has 20 heavy (non-hydrogen) atoms. The van der Waals surface area contributed by atoms with Gasteiger partial charge in [0.1, 0.15) is 0 Å². The molecule has 0 radical (unpaired) electrons. The standard InChI is InChI=1S/C12H11ClF3NO3/c1-6-3-7(5-8(13)4-6)9(18)17-11(2,10(19)20)12(14,15)16/h3-5H,1-2H3,(H,17,18)(H,19,20). The van der Waals surface area contributed by atoms with Crippen molar-refractivity contribution >= 4 is 23.5 Å². The van der Waals surface area contributed by atoms with Crippen LogP contribution in [0.2, 0.25) is 5.02 Å². The van der Waals surface area contributed by atoms with Crippen LogP contribution in [0.1, 0.15) is 22.8 Å². The van der Waals surface area contributed by atoms with Crippen molar-refractivity contribution in [3.8, 4) is 0 Å². The molecule has 1 aromatic rings. The van der Waals surface area contributed by atoms with Gasteiger partial charge in [-0.1, -0.05) is 11.6 Å². The van der Waals surface area contributed by atoms with Crippen molar-refractivity contribution in [2.24, 2.45) is 0 Å². The van der Waals surface area contributed by atoms with Crippen molar-refractivity contribution < 1.29 is 27.9 Å². The lowest BCUT2D eigenvalue weighted by Gasteiger charge is -2.28. The van der Waals surface area contributed by atoms with Crippen LogP contribution in [-0.2, 0) is 4.79 Å². The van der Waals surface area contributed by atoms with E-state index < -0.39 is 23.6 Å². The van der Waals surface area contributed by atoms with E-state index in [4.69, 9.17) is 16.7 Å². The van der Waals surface area contributed by atoms with E-state index in [1.54, 1.807) is 6.92 Å². The minimum absolute atomic E-state index is 0.147. The lowest BCUT2D eigenvalue weighted by Crippen LogP contribution is -2.61. The Labute approximate surface area is 117 Å². The van der Waals surface area contributed by atoms with Crippen LogP contribution in [-0.4, -0.2) is 28.7 Å². The zero-order valence-electron chi connectivity index (χ0n) is 10.5. The van der Waals surface area contributed by atoms with Gasteiger partial charge in [-0.2, -0.15) is 13.2 Å². The number of aliphatic carboxylic acids is 1. The fourth-order valence-corrected chi connectivity index (χ4v) is 1.70. The van der Waals surface area contributed by atoms with Crippen molar-refractivity contribution in [1.82, 2.24) is 5.32 Å². The molecule has 1 amide bonds. The number of hydrogen-bond acceptors (Lipinski definition) is 2. The fourth-order valence-electron chi connectivity index (χ4n) is 1.41. The fraction of sp³-hybridized carbons (Fsp3) is 0.333. The third kappa shape index (κ3) is 3.22. The molecule has 110 valence electrons. The number of alkyl halides is 3. The number of amides is 1. The van der Waals surface area contributed by atoms with Crippen LogP contribution >= 0.6 is 11.6 Å². The van der Waals surface area contributed by atoms with Crippen molar-refractivity contribution in [2.75, 3.05) is 0 Å². The molecule has 0 aliphatic rings. The summed E-state index contributed by atoms with van der Waals surface area (Å²) in [6.45, 7) is 1.98. The summed E-state index contributed by atoms with van der Waals surface area (Å²) in [7, 11) is 0. The maximum Gasteiger partial charge on any atom is 0.422 e. The first kappa shape index (κ1) is 16.3. The van der Waals surface area contributed by atoms with Gasteiger partial charge in [0.05, 0.1) is 0 Å². The summed E-state index contributed by atoms with van der Waals surface area (Å²) in [6.07, 6.45) is -5.14. The van der Waals surface area contributed by atoms with E-state index in [0.717, 1.165) is 6.07 Å². The predicted octanol–water partition coefficient (Wildman–Crippen LogP) is 2.78. The zero-order valence-corrected chi connectivity index (χ0v) is 11.3. The average molecular weight is 310 g/mol. The Kier molecular flexibility index (Phi) is 4.33. The summed E-state index contributed by atoms with van der Waals surface area (Å²) in [6, 6.07) is 3.97. The van der Waals surface area contributed by atoms with Crippen molar-refractivity contribution in [2.45, 2.75) is 25.6 Å². The molecule has 0 bridgehead atoms. The van der Waals surface area contributed by atoms with Gasteiger partial charge >= 0.3 is 12.1 Å². The predicted molar refractivity (Wildman–Crippen MR) is 65.8 cm³/mol. The van der Waals surface area contributed by atoms with Gasteiger partial charge in [0, 0.05) is 10.6 Å². The van der Waals surface area contributed by atoms with Crippen LogP contribution in [0.4, 0.5) is 13.2 Å². The Hall–Kier alpha value is -1.76. The first-order chi connectivity index (χ1) is 8.97. The summed E-state index contributed by atoms with van der Waals surface area (Å²) in [5.41, 5.74) is -2.96. The van der Waals surface area contributed by atoms with Gasteiger partial charge < -0.3 is 10.4 Å². The number of carboxylic acids is 1. The maximum absolute atomic E-state index is 12.8. The molecule has 0 saturated heterocycles. The quantitative estimate of drug-likeness (QED) is 0.902. The SMILES string of the molecule is Cc1cc(Cl)cc(C(=O)NC(C)(C(=O)O)C(F)(F)F)c1. The second kappa shape index (κ2) is 5.32. The highest BCUT2D eigenvalue weighted by atomic mass is 35.5. The summed E-state index contributed by atoms with van der Waals surface area (Å²) < 4.78 is 38.3. The van der Waals surface area contributed by atoms with Gasteiger partial charge in [0.15, 0.2) is 0 Å². The van der Waals surface area contributed by atoms with Gasteiger partial charge in [-0.25, -0.2) is 4.79 Å². The first-order valence-corrected chi connectivity index (χ1v) is 5.75. The van der Waals surface area contributed by atoms with Gasteiger partial charge in [-0.05, 0) is 37.6 Å². The average Bonchev–Trinajstić information content (AvgIpc) is 2.25. The first-order valence-electron chi connectivity index (χ1n) is 5.37. The lowest BCUT2D eigenvalue weighted by atomic mass is 10.0. The monoisotopic (exact) mass is 309 g/mol. The zero-order chi connectivity index (χ0) is 15.7. The number of carboxylic acid groups (broad SMARTS) is 1. The number of hydrogen-bond donors (Lipinski definition) is 2. The second-order valence-corrected chi connectivity index (χ2v) is 4.84. The van der Waals surface area contributed by atoms with Gasteiger partial charge in [-0.3, -0.25) is 4.79 Å². The normalized spacial score (nSPS) is 14.5. The summed E-state index contributed by atoms with van der Waals surface area (Å²) in [5.74, 6) is -3.37. The third-order valence-electron chi connectivity index (χ3n) is 2.66. The second-order valence-electron chi connectivity index (χ2n) is 4.40. The third-order valence-corrected chi connectivity index (χ3v) is 2.88. The number of carbonyl (C=O) groups is 2. The molecule has 1 unspecified atom stereocenters. The van der Waals surface area contributed by atoms with E-state index in [1.807, 2.05) is 0 Å². The van der Waals surface area contributed by atoms with Gasteiger partial charge in [-0.15, -0.1) is 0 Å². The number of halogens is 4. The molecule has 1 atom stereocenters. The molecule has 0 heterocycles. The molecule has 4 nitrogen and oxygen atoms in total. The van der Waals surface area contributed by atoms with Crippen LogP contribution in [0.3, 0.4) is 0 Å². The van der Waals surface area contributed by atoms with Crippen molar-refractivity contribution in [3.05, 3.63) is 34.3 Å². The van der Waals surface area contributed by atoms with Crippen LogP contribution in [0.15, 0.2) is 18.2 Å². The number of benzene rings is 1. The number of rotatable bonds is 3. The highest BCUT2D eigenvalue weighted by molar-refractivity contribution is 6.31. The Bertz CT molecular complexity index is 539. The van der Waals surface area contributed by atoms with E-state index in [0.29, 0.717) is 12.5 Å². The molecule has 0 saturated carbocycles. The van der Waals surface area contributed by atoms with Crippen LogP contribution in [0.25, 0.3) is 0 Å². The molecule has 1 rings (SSSR count). The van der Waals surface area contributed by atoms with Crippen molar-refractivity contribution in [3.63, 3.8) is 0 Å². The van der Waals surface area contributed by atoms with E-state index >= 15 is 0 Å². The molecule has 0 aliphatic heterocycles. The van der Waals surface area contributed by atoms with Gasteiger partial charge in [0.25, 0.3) is 5.91 Å². The van der Waals surface area contributed by atoms with Crippen LogP contribution < -0.4 is 5.32 Å². The van der Waals surface area contributed by atoms with E-state index in [9.17, 15) is 22.8 Å². The largest absolute Gasteiger partial charge is 0.479 e. The Morgan fingerprint density at radius 1 is 1.25 bits per heavy atom.